The second-order valence-corrected chi connectivity index (χ2v) is 6.15. The summed E-state index contributed by atoms with van der Waals surface area (Å²) in [5, 5.41) is 7.10. The number of aromatic nitrogens is 2. The number of hydrogen-bond acceptors (Lipinski definition) is 6. The Morgan fingerprint density at radius 3 is 2.74 bits per heavy atom. The topological polar surface area (TPSA) is 94.3 Å². The lowest BCUT2D eigenvalue weighted by molar-refractivity contribution is -0.124. The number of carbonyl (C=O) groups excluding carboxylic acids is 2. The SMILES string of the molecule is CCCCNC(=O)COC(=O)c1cc(-c2ccccc2)nc2onc(C)c12. The van der Waals surface area contributed by atoms with E-state index in [-0.39, 0.29) is 23.8 Å². The van der Waals surface area contributed by atoms with Crippen molar-refractivity contribution in [3.8, 4) is 11.3 Å². The summed E-state index contributed by atoms with van der Waals surface area (Å²) in [5.41, 5.74) is 2.47. The van der Waals surface area contributed by atoms with Crippen molar-refractivity contribution in [1.82, 2.24) is 15.5 Å². The molecule has 140 valence electrons. The van der Waals surface area contributed by atoms with Gasteiger partial charge in [0, 0.05) is 12.1 Å². The molecule has 0 aliphatic carbocycles. The molecular formula is C20H21N3O4. The van der Waals surface area contributed by atoms with Gasteiger partial charge >= 0.3 is 5.97 Å². The molecule has 0 aliphatic rings. The van der Waals surface area contributed by atoms with Crippen molar-refractivity contribution in [3.63, 3.8) is 0 Å². The Morgan fingerprint density at radius 2 is 2.00 bits per heavy atom. The minimum atomic E-state index is -0.614. The molecule has 7 nitrogen and oxygen atoms in total. The molecule has 1 N–H and O–H groups in total. The van der Waals surface area contributed by atoms with Crippen molar-refractivity contribution >= 4 is 23.0 Å². The number of hydrogen-bond donors (Lipinski definition) is 1. The Kier molecular flexibility index (Phi) is 5.80. The number of nitrogens with zero attached hydrogens (tertiary/aromatic N) is 2. The van der Waals surface area contributed by atoms with Gasteiger partial charge in [-0.2, -0.15) is 0 Å². The van der Waals surface area contributed by atoms with Crippen LogP contribution in [0.3, 0.4) is 0 Å². The zero-order valence-electron chi connectivity index (χ0n) is 15.3. The van der Waals surface area contributed by atoms with E-state index in [1.54, 1.807) is 13.0 Å². The van der Waals surface area contributed by atoms with E-state index in [2.05, 4.69) is 15.5 Å². The summed E-state index contributed by atoms with van der Waals surface area (Å²) in [6.45, 7) is 3.99. The van der Waals surface area contributed by atoms with E-state index in [0.29, 0.717) is 23.3 Å². The van der Waals surface area contributed by atoms with E-state index in [9.17, 15) is 9.59 Å². The highest BCUT2D eigenvalue weighted by Gasteiger charge is 2.21. The quantitative estimate of drug-likeness (QED) is 0.509. The van der Waals surface area contributed by atoms with Gasteiger partial charge in [-0.05, 0) is 19.4 Å². The maximum absolute atomic E-state index is 12.6. The molecule has 2 aromatic heterocycles. The maximum Gasteiger partial charge on any atom is 0.339 e. The predicted octanol–water partition coefficient (Wildman–Crippen LogP) is 3.27. The zero-order valence-corrected chi connectivity index (χ0v) is 15.3. The summed E-state index contributed by atoms with van der Waals surface area (Å²) >= 11 is 0. The lowest BCUT2D eigenvalue weighted by atomic mass is 10.1. The van der Waals surface area contributed by atoms with Crippen molar-refractivity contribution < 1.29 is 18.8 Å². The molecular weight excluding hydrogens is 346 g/mol. The van der Waals surface area contributed by atoms with Gasteiger partial charge in [-0.25, -0.2) is 9.78 Å². The molecule has 0 radical (unpaired) electrons. The van der Waals surface area contributed by atoms with Crippen LogP contribution >= 0.6 is 0 Å². The van der Waals surface area contributed by atoms with Crippen LogP contribution in [0.25, 0.3) is 22.4 Å². The molecule has 0 fully saturated rings. The molecule has 2 heterocycles. The van der Waals surface area contributed by atoms with Gasteiger partial charge in [0.25, 0.3) is 11.6 Å². The molecule has 0 bridgehead atoms. The first-order chi connectivity index (χ1) is 13.1. The van der Waals surface area contributed by atoms with Crippen LogP contribution in [0.1, 0.15) is 35.8 Å². The number of rotatable bonds is 7. The van der Waals surface area contributed by atoms with Crippen molar-refractivity contribution in [3.05, 3.63) is 47.7 Å². The fourth-order valence-electron chi connectivity index (χ4n) is 2.68. The molecule has 3 rings (SSSR count). The standard InChI is InChI=1S/C20H21N3O4/c1-3-4-10-21-17(24)12-26-20(25)15-11-16(14-8-6-5-7-9-14)22-19-18(15)13(2)23-27-19/h5-9,11H,3-4,10,12H2,1-2H3,(H,21,24). The first-order valence-corrected chi connectivity index (χ1v) is 8.86. The third kappa shape index (κ3) is 4.31. The molecule has 1 amide bonds. The summed E-state index contributed by atoms with van der Waals surface area (Å²) in [6.07, 6.45) is 1.86. The van der Waals surface area contributed by atoms with Crippen molar-refractivity contribution in [2.45, 2.75) is 26.7 Å². The first-order valence-electron chi connectivity index (χ1n) is 8.86. The number of aryl methyl sites for hydroxylation is 1. The van der Waals surface area contributed by atoms with Crippen LogP contribution in [0.2, 0.25) is 0 Å². The molecule has 0 saturated carbocycles. The highest BCUT2D eigenvalue weighted by Crippen LogP contribution is 2.27. The van der Waals surface area contributed by atoms with Gasteiger partial charge in [-0.3, -0.25) is 4.79 Å². The van der Waals surface area contributed by atoms with Gasteiger partial charge in [-0.1, -0.05) is 48.8 Å². The van der Waals surface area contributed by atoms with Gasteiger partial charge < -0.3 is 14.6 Å². The number of fused-ring (bicyclic) bond motifs is 1. The molecule has 0 unspecified atom stereocenters. The van der Waals surface area contributed by atoms with Crippen molar-refractivity contribution in [2.75, 3.05) is 13.2 Å². The van der Waals surface area contributed by atoms with Crippen LogP contribution < -0.4 is 5.32 Å². The minimum Gasteiger partial charge on any atom is -0.452 e. The van der Waals surface area contributed by atoms with E-state index < -0.39 is 5.97 Å². The van der Waals surface area contributed by atoms with E-state index >= 15 is 0 Å². The Hall–Kier alpha value is -3.22. The fraction of sp³-hybridized carbons (Fsp3) is 0.300. The van der Waals surface area contributed by atoms with Crippen LogP contribution in [0, 0.1) is 6.92 Å². The second kappa shape index (κ2) is 8.44. The maximum atomic E-state index is 12.6. The minimum absolute atomic E-state index is 0.258. The molecule has 0 spiro atoms. The highest BCUT2D eigenvalue weighted by molar-refractivity contribution is 6.04. The van der Waals surface area contributed by atoms with Crippen LogP contribution in [0.4, 0.5) is 0 Å². The molecule has 0 saturated heterocycles. The molecule has 7 heteroatoms. The number of esters is 1. The molecule has 3 aromatic rings. The van der Waals surface area contributed by atoms with Crippen LogP contribution in [0.5, 0.6) is 0 Å². The Morgan fingerprint density at radius 1 is 1.22 bits per heavy atom. The molecule has 0 aliphatic heterocycles. The van der Waals surface area contributed by atoms with Crippen molar-refractivity contribution in [2.24, 2.45) is 0 Å². The molecule has 27 heavy (non-hydrogen) atoms. The van der Waals surface area contributed by atoms with Gasteiger partial charge in [0.15, 0.2) is 6.61 Å². The summed E-state index contributed by atoms with van der Waals surface area (Å²) in [6, 6.07) is 11.1. The normalized spacial score (nSPS) is 10.7. The van der Waals surface area contributed by atoms with E-state index in [4.69, 9.17) is 9.26 Å². The smallest absolute Gasteiger partial charge is 0.339 e. The number of amides is 1. The number of ether oxygens (including phenoxy) is 1. The average Bonchev–Trinajstić information content (AvgIpc) is 3.07. The largest absolute Gasteiger partial charge is 0.452 e. The zero-order chi connectivity index (χ0) is 19.2. The van der Waals surface area contributed by atoms with Gasteiger partial charge in [-0.15, -0.1) is 0 Å². The number of nitrogens with one attached hydrogen (secondary N) is 1. The number of benzene rings is 1. The second-order valence-electron chi connectivity index (χ2n) is 6.15. The van der Waals surface area contributed by atoms with E-state index in [0.717, 1.165) is 18.4 Å². The lowest BCUT2D eigenvalue weighted by Gasteiger charge is -2.08. The van der Waals surface area contributed by atoms with Gasteiger partial charge in [0.1, 0.15) is 0 Å². The highest BCUT2D eigenvalue weighted by atomic mass is 16.5. The Bertz CT molecular complexity index is 951. The van der Waals surface area contributed by atoms with Crippen LogP contribution in [0.15, 0.2) is 40.9 Å². The summed E-state index contributed by atoms with van der Waals surface area (Å²) in [7, 11) is 0. The predicted molar refractivity (Wildman–Crippen MR) is 100 cm³/mol. The number of unbranched alkanes of at least 4 members (excludes halogenated alkanes) is 1. The Labute approximate surface area is 156 Å². The monoisotopic (exact) mass is 367 g/mol. The third-order valence-electron chi connectivity index (χ3n) is 4.09. The van der Waals surface area contributed by atoms with Gasteiger partial charge in [0.2, 0.25) is 0 Å². The van der Waals surface area contributed by atoms with Gasteiger partial charge in [0.05, 0.1) is 22.3 Å². The summed E-state index contributed by atoms with van der Waals surface area (Å²) < 4.78 is 10.4. The van der Waals surface area contributed by atoms with Crippen molar-refractivity contribution in [1.29, 1.82) is 0 Å². The molecule has 1 aromatic carbocycles. The van der Waals surface area contributed by atoms with E-state index in [1.807, 2.05) is 37.3 Å². The molecule has 0 atom stereocenters. The van der Waals surface area contributed by atoms with Crippen LogP contribution in [-0.2, 0) is 9.53 Å². The Balaban J connectivity index is 1.85. The number of pyridine rings is 1. The average molecular weight is 367 g/mol. The van der Waals surface area contributed by atoms with Crippen LogP contribution in [-0.4, -0.2) is 35.2 Å². The fourth-order valence-corrected chi connectivity index (χ4v) is 2.68. The third-order valence-corrected chi connectivity index (χ3v) is 4.09. The first kappa shape index (κ1) is 18.6. The summed E-state index contributed by atoms with van der Waals surface area (Å²) in [4.78, 5) is 28.9. The number of carbonyl (C=O) groups is 2. The summed E-state index contributed by atoms with van der Waals surface area (Å²) in [5.74, 6) is -0.941. The van der Waals surface area contributed by atoms with E-state index in [1.165, 1.54) is 0 Å². The lowest BCUT2D eigenvalue weighted by Crippen LogP contribution is -2.29.